The van der Waals surface area contributed by atoms with Gasteiger partial charge in [-0.25, -0.2) is 0 Å². The summed E-state index contributed by atoms with van der Waals surface area (Å²) in [6, 6.07) is 0.324. The largest absolute Gasteiger partial charge is 0.380 e. The molecule has 1 atom stereocenters. The van der Waals surface area contributed by atoms with E-state index < -0.39 is 0 Å². The van der Waals surface area contributed by atoms with Crippen molar-refractivity contribution in [2.24, 2.45) is 11.7 Å². The average Bonchev–Trinajstić information content (AvgIpc) is 2.14. The zero-order valence-corrected chi connectivity index (χ0v) is 10.1. The van der Waals surface area contributed by atoms with E-state index in [1.54, 1.807) is 0 Å². The second kappa shape index (κ2) is 8.21. The van der Waals surface area contributed by atoms with Crippen LogP contribution in [0.15, 0.2) is 0 Å². The van der Waals surface area contributed by atoms with E-state index in [0.29, 0.717) is 12.0 Å². The molecular weight excluding hydrogens is 176 g/mol. The molecule has 2 N–H and O–H groups in total. The summed E-state index contributed by atoms with van der Waals surface area (Å²) in [7, 11) is 2.12. The Morgan fingerprint density at radius 3 is 2.43 bits per heavy atom. The Labute approximate surface area is 88.6 Å². The fourth-order valence-electron chi connectivity index (χ4n) is 1.18. The van der Waals surface area contributed by atoms with E-state index in [1.165, 1.54) is 0 Å². The molecule has 0 fully saturated rings. The first-order valence-electron chi connectivity index (χ1n) is 5.59. The lowest BCUT2D eigenvalue weighted by atomic mass is 10.0. The second-order valence-corrected chi connectivity index (χ2v) is 4.20. The highest BCUT2D eigenvalue weighted by molar-refractivity contribution is 4.67. The van der Waals surface area contributed by atoms with Gasteiger partial charge >= 0.3 is 0 Å². The predicted molar refractivity (Wildman–Crippen MR) is 61.4 cm³/mol. The summed E-state index contributed by atoms with van der Waals surface area (Å²) in [6.07, 6.45) is 1.07. The Bertz CT molecular complexity index is 128. The van der Waals surface area contributed by atoms with E-state index in [2.05, 4.69) is 25.8 Å². The smallest absolute Gasteiger partial charge is 0.0593 e. The minimum Gasteiger partial charge on any atom is -0.380 e. The molecule has 0 aliphatic heterocycles. The van der Waals surface area contributed by atoms with Gasteiger partial charge in [0, 0.05) is 19.2 Å². The monoisotopic (exact) mass is 202 g/mol. The molecule has 0 bridgehead atoms. The summed E-state index contributed by atoms with van der Waals surface area (Å²) in [5.41, 5.74) is 5.96. The SMILES string of the molecule is CCOCCN(C)CCC(N)C(C)C. The lowest BCUT2D eigenvalue weighted by molar-refractivity contribution is 0.120. The van der Waals surface area contributed by atoms with Crippen LogP contribution < -0.4 is 5.73 Å². The highest BCUT2D eigenvalue weighted by Crippen LogP contribution is 2.03. The van der Waals surface area contributed by atoms with E-state index in [9.17, 15) is 0 Å². The highest BCUT2D eigenvalue weighted by Gasteiger charge is 2.08. The van der Waals surface area contributed by atoms with Gasteiger partial charge in [0.05, 0.1) is 6.61 Å². The van der Waals surface area contributed by atoms with Crippen LogP contribution in [0.5, 0.6) is 0 Å². The van der Waals surface area contributed by atoms with Crippen molar-refractivity contribution in [3.05, 3.63) is 0 Å². The van der Waals surface area contributed by atoms with Gasteiger partial charge in [-0.2, -0.15) is 0 Å². The third-order valence-corrected chi connectivity index (χ3v) is 2.52. The zero-order chi connectivity index (χ0) is 11.0. The van der Waals surface area contributed by atoms with E-state index >= 15 is 0 Å². The van der Waals surface area contributed by atoms with Gasteiger partial charge in [0.1, 0.15) is 0 Å². The van der Waals surface area contributed by atoms with Crippen LogP contribution >= 0.6 is 0 Å². The van der Waals surface area contributed by atoms with Crippen LogP contribution in [0.4, 0.5) is 0 Å². The summed E-state index contributed by atoms with van der Waals surface area (Å²) in [5.74, 6) is 0.579. The average molecular weight is 202 g/mol. The number of hydrogen-bond acceptors (Lipinski definition) is 3. The summed E-state index contributed by atoms with van der Waals surface area (Å²) in [6.45, 7) is 10.1. The molecule has 3 nitrogen and oxygen atoms in total. The Hall–Kier alpha value is -0.120. The quantitative estimate of drug-likeness (QED) is 0.603. The van der Waals surface area contributed by atoms with Crippen molar-refractivity contribution in [3.63, 3.8) is 0 Å². The van der Waals surface area contributed by atoms with E-state index in [0.717, 1.165) is 32.7 Å². The van der Waals surface area contributed by atoms with Gasteiger partial charge in [-0.1, -0.05) is 13.8 Å². The topological polar surface area (TPSA) is 38.5 Å². The van der Waals surface area contributed by atoms with E-state index in [4.69, 9.17) is 10.5 Å². The van der Waals surface area contributed by atoms with Crippen LogP contribution in [-0.2, 0) is 4.74 Å². The lowest BCUT2D eigenvalue weighted by Gasteiger charge is -2.21. The van der Waals surface area contributed by atoms with Crippen molar-refractivity contribution in [3.8, 4) is 0 Å². The lowest BCUT2D eigenvalue weighted by Crippen LogP contribution is -2.33. The molecule has 0 aromatic carbocycles. The van der Waals surface area contributed by atoms with Gasteiger partial charge in [0.2, 0.25) is 0 Å². The van der Waals surface area contributed by atoms with E-state index in [1.807, 2.05) is 6.92 Å². The summed E-state index contributed by atoms with van der Waals surface area (Å²) >= 11 is 0. The molecule has 86 valence electrons. The molecule has 0 saturated carbocycles. The molecule has 0 spiro atoms. The molecule has 3 heteroatoms. The first-order valence-corrected chi connectivity index (χ1v) is 5.59. The van der Waals surface area contributed by atoms with Gasteiger partial charge < -0.3 is 15.4 Å². The van der Waals surface area contributed by atoms with Crippen LogP contribution in [0, 0.1) is 5.92 Å². The number of nitrogens with zero attached hydrogens (tertiary/aromatic N) is 1. The Morgan fingerprint density at radius 1 is 1.29 bits per heavy atom. The van der Waals surface area contributed by atoms with Crippen molar-refractivity contribution >= 4 is 0 Å². The molecule has 14 heavy (non-hydrogen) atoms. The number of hydrogen-bond donors (Lipinski definition) is 1. The normalized spacial score (nSPS) is 13.9. The van der Waals surface area contributed by atoms with E-state index in [-0.39, 0.29) is 0 Å². The van der Waals surface area contributed by atoms with Crippen LogP contribution in [0.2, 0.25) is 0 Å². The molecule has 0 aliphatic rings. The maximum absolute atomic E-state index is 5.96. The van der Waals surface area contributed by atoms with Crippen LogP contribution in [0.1, 0.15) is 27.2 Å². The minimum absolute atomic E-state index is 0.324. The first-order chi connectivity index (χ1) is 6.57. The molecule has 0 aliphatic carbocycles. The number of ether oxygens (including phenoxy) is 1. The molecule has 0 amide bonds. The molecule has 0 rings (SSSR count). The molecule has 0 aromatic rings. The van der Waals surface area contributed by atoms with Gasteiger partial charge in [0.15, 0.2) is 0 Å². The number of rotatable bonds is 8. The van der Waals surface area contributed by atoms with Crippen molar-refractivity contribution < 1.29 is 4.74 Å². The van der Waals surface area contributed by atoms with Crippen LogP contribution in [0.3, 0.4) is 0 Å². The van der Waals surface area contributed by atoms with Gasteiger partial charge in [-0.15, -0.1) is 0 Å². The Kier molecular flexibility index (Phi) is 8.14. The molecule has 0 radical (unpaired) electrons. The fraction of sp³-hybridized carbons (Fsp3) is 1.00. The molecule has 0 heterocycles. The summed E-state index contributed by atoms with van der Waals surface area (Å²) in [4.78, 5) is 2.28. The standard InChI is InChI=1S/C11H26N2O/c1-5-14-9-8-13(4)7-6-11(12)10(2)3/h10-11H,5-9,12H2,1-4H3. The maximum atomic E-state index is 5.96. The van der Waals surface area contributed by atoms with Crippen molar-refractivity contribution in [1.29, 1.82) is 0 Å². The van der Waals surface area contributed by atoms with Gasteiger partial charge in [-0.05, 0) is 32.9 Å². The number of likely N-dealkylation sites (N-methyl/N-ethyl adjacent to an activating group) is 1. The second-order valence-electron chi connectivity index (χ2n) is 4.20. The van der Waals surface area contributed by atoms with Crippen LogP contribution in [0.25, 0.3) is 0 Å². The Balaban J connectivity index is 3.38. The highest BCUT2D eigenvalue weighted by atomic mass is 16.5. The summed E-state index contributed by atoms with van der Waals surface area (Å²) in [5, 5.41) is 0. The molecule has 1 unspecified atom stereocenters. The summed E-state index contributed by atoms with van der Waals surface area (Å²) < 4.78 is 5.29. The fourth-order valence-corrected chi connectivity index (χ4v) is 1.18. The third kappa shape index (κ3) is 7.30. The Morgan fingerprint density at radius 2 is 1.93 bits per heavy atom. The zero-order valence-electron chi connectivity index (χ0n) is 10.1. The van der Waals surface area contributed by atoms with Crippen molar-refractivity contribution in [2.75, 3.05) is 33.4 Å². The maximum Gasteiger partial charge on any atom is 0.0593 e. The van der Waals surface area contributed by atoms with Crippen molar-refractivity contribution in [2.45, 2.75) is 33.2 Å². The van der Waals surface area contributed by atoms with Gasteiger partial charge in [-0.3, -0.25) is 0 Å². The molecular formula is C11H26N2O. The first kappa shape index (κ1) is 13.9. The number of nitrogens with two attached hydrogens (primary N) is 1. The van der Waals surface area contributed by atoms with Gasteiger partial charge in [0.25, 0.3) is 0 Å². The molecule has 0 aromatic heterocycles. The third-order valence-electron chi connectivity index (χ3n) is 2.52. The van der Waals surface area contributed by atoms with Crippen molar-refractivity contribution in [1.82, 2.24) is 4.90 Å². The van der Waals surface area contributed by atoms with Crippen LogP contribution in [-0.4, -0.2) is 44.3 Å². The molecule has 0 saturated heterocycles. The predicted octanol–water partition coefficient (Wildman–Crippen LogP) is 1.33. The minimum atomic E-state index is 0.324.